The molecule has 0 bridgehead atoms. The maximum atomic E-state index is 11.8. The zero-order valence-corrected chi connectivity index (χ0v) is 14.3. The summed E-state index contributed by atoms with van der Waals surface area (Å²) in [5, 5.41) is 12.2. The molecule has 2 aromatic carbocycles. The average molecular weight is 338 g/mol. The van der Waals surface area contributed by atoms with Gasteiger partial charge in [-0.1, -0.05) is 6.07 Å². The number of methoxy groups -OCH3 is 2. The molecule has 0 aliphatic rings. The molecule has 0 radical (unpaired) electrons. The molecule has 6 heteroatoms. The van der Waals surface area contributed by atoms with Gasteiger partial charge in [-0.2, -0.15) is 5.26 Å². The van der Waals surface area contributed by atoms with Crippen LogP contribution in [0.4, 0.5) is 5.69 Å². The summed E-state index contributed by atoms with van der Waals surface area (Å²) in [7, 11) is 2.78. The molecule has 0 aliphatic carbocycles. The number of carbonyl (C=O) groups excluding carboxylic acids is 2. The summed E-state index contributed by atoms with van der Waals surface area (Å²) in [6, 6.07) is 12.1. The van der Waals surface area contributed by atoms with Crippen molar-refractivity contribution in [2.45, 2.75) is 13.5 Å². The predicted octanol–water partition coefficient (Wildman–Crippen LogP) is 3.17. The Bertz CT molecular complexity index is 853. The average Bonchev–Trinajstić information content (AvgIpc) is 2.64. The van der Waals surface area contributed by atoms with E-state index in [1.807, 2.05) is 6.07 Å². The van der Waals surface area contributed by atoms with E-state index in [1.165, 1.54) is 21.1 Å². The molecule has 0 unspecified atom stereocenters. The molecular formula is C19H18N2O4. The first-order valence-electron chi connectivity index (χ1n) is 7.54. The molecule has 0 fully saturated rings. The Balaban J connectivity index is 2.29. The first-order valence-corrected chi connectivity index (χ1v) is 7.54. The molecule has 0 spiro atoms. The van der Waals surface area contributed by atoms with E-state index in [4.69, 9.17) is 14.7 Å². The van der Waals surface area contributed by atoms with Gasteiger partial charge in [0.2, 0.25) is 0 Å². The van der Waals surface area contributed by atoms with Crippen molar-refractivity contribution >= 4 is 17.4 Å². The van der Waals surface area contributed by atoms with Crippen LogP contribution in [0.25, 0.3) is 0 Å². The van der Waals surface area contributed by atoms with Gasteiger partial charge < -0.3 is 14.8 Å². The summed E-state index contributed by atoms with van der Waals surface area (Å²) in [5.41, 5.74) is 2.65. The van der Waals surface area contributed by atoms with Crippen LogP contribution < -0.4 is 10.1 Å². The highest BCUT2D eigenvalue weighted by Gasteiger charge is 2.14. The summed E-state index contributed by atoms with van der Waals surface area (Å²) >= 11 is 0. The number of esters is 1. The van der Waals surface area contributed by atoms with Gasteiger partial charge in [-0.05, 0) is 42.8 Å². The zero-order valence-electron chi connectivity index (χ0n) is 14.3. The normalized spacial score (nSPS) is 9.84. The summed E-state index contributed by atoms with van der Waals surface area (Å²) in [6.07, 6.45) is 0. The molecule has 0 amide bonds. The number of nitrogens with zero attached hydrogens (tertiary/aromatic N) is 1. The lowest BCUT2D eigenvalue weighted by Crippen LogP contribution is -2.08. The summed E-state index contributed by atoms with van der Waals surface area (Å²) < 4.78 is 9.92. The van der Waals surface area contributed by atoms with Gasteiger partial charge in [-0.15, -0.1) is 0 Å². The van der Waals surface area contributed by atoms with Crippen molar-refractivity contribution in [3.05, 3.63) is 58.7 Å². The fourth-order valence-electron chi connectivity index (χ4n) is 2.40. The number of hydrogen-bond donors (Lipinski definition) is 1. The SMILES string of the molecule is COC(=O)c1cc(CNc2cc(C#N)ccc2C(C)=O)ccc1OC. The van der Waals surface area contributed by atoms with Crippen LogP contribution in [0.1, 0.15) is 38.8 Å². The van der Waals surface area contributed by atoms with Crippen LogP contribution in [0.5, 0.6) is 5.75 Å². The number of ketones is 1. The van der Waals surface area contributed by atoms with Crippen LogP contribution in [0.3, 0.4) is 0 Å². The largest absolute Gasteiger partial charge is 0.496 e. The van der Waals surface area contributed by atoms with Crippen molar-refractivity contribution < 1.29 is 19.1 Å². The maximum Gasteiger partial charge on any atom is 0.341 e. The Labute approximate surface area is 146 Å². The van der Waals surface area contributed by atoms with E-state index in [0.717, 1.165) is 5.56 Å². The van der Waals surface area contributed by atoms with Crippen molar-refractivity contribution in [3.63, 3.8) is 0 Å². The van der Waals surface area contributed by atoms with E-state index in [1.54, 1.807) is 36.4 Å². The van der Waals surface area contributed by atoms with Crippen molar-refractivity contribution in [1.29, 1.82) is 5.26 Å². The number of anilines is 1. The molecule has 1 N–H and O–H groups in total. The summed E-state index contributed by atoms with van der Waals surface area (Å²) in [5.74, 6) is -0.168. The van der Waals surface area contributed by atoms with E-state index in [-0.39, 0.29) is 5.78 Å². The molecule has 0 saturated heterocycles. The highest BCUT2D eigenvalue weighted by atomic mass is 16.5. The molecule has 0 atom stereocenters. The quantitative estimate of drug-likeness (QED) is 0.643. The lowest BCUT2D eigenvalue weighted by molar-refractivity contribution is 0.0597. The van der Waals surface area contributed by atoms with E-state index in [9.17, 15) is 9.59 Å². The second-order valence-corrected chi connectivity index (χ2v) is 5.31. The summed E-state index contributed by atoms with van der Waals surface area (Å²) in [6.45, 7) is 1.83. The zero-order chi connectivity index (χ0) is 18.4. The second-order valence-electron chi connectivity index (χ2n) is 5.31. The molecule has 0 aliphatic heterocycles. The Morgan fingerprint density at radius 1 is 1.12 bits per heavy atom. The highest BCUT2D eigenvalue weighted by Crippen LogP contribution is 2.23. The van der Waals surface area contributed by atoms with Gasteiger partial charge in [0.05, 0.1) is 25.9 Å². The van der Waals surface area contributed by atoms with Crippen LogP contribution >= 0.6 is 0 Å². The van der Waals surface area contributed by atoms with E-state index in [2.05, 4.69) is 5.32 Å². The van der Waals surface area contributed by atoms with Gasteiger partial charge in [0.15, 0.2) is 5.78 Å². The molecule has 6 nitrogen and oxygen atoms in total. The third-order valence-corrected chi connectivity index (χ3v) is 3.68. The second kappa shape index (κ2) is 7.97. The molecule has 0 heterocycles. The number of Topliss-reactive ketones (excluding diaryl/α,β-unsaturated/α-hetero) is 1. The molecule has 128 valence electrons. The van der Waals surface area contributed by atoms with E-state index in [0.29, 0.717) is 34.7 Å². The lowest BCUT2D eigenvalue weighted by Gasteiger charge is -2.13. The van der Waals surface area contributed by atoms with E-state index >= 15 is 0 Å². The van der Waals surface area contributed by atoms with Gasteiger partial charge in [-0.3, -0.25) is 4.79 Å². The minimum atomic E-state index is -0.491. The number of nitriles is 1. The molecule has 25 heavy (non-hydrogen) atoms. The fourth-order valence-corrected chi connectivity index (χ4v) is 2.40. The topological polar surface area (TPSA) is 88.4 Å². The molecule has 0 aromatic heterocycles. The molecule has 2 aromatic rings. The minimum Gasteiger partial charge on any atom is -0.496 e. The maximum absolute atomic E-state index is 11.8. The predicted molar refractivity (Wildman–Crippen MR) is 92.8 cm³/mol. The number of benzene rings is 2. The first kappa shape index (κ1) is 18.0. The number of rotatable bonds is 6. The van der Waals surface area contributed by atoms with Gasteiger partial charge >= 0.3 is 5.97 Å². The molecular weight excluding hydrogens is 320 g/mol. The summed E-state index contributed by atoms with van der Waals surface area (Å²) in [4.78, 5) is 23.6. The third-order valence-electron chi connectivity index (χ3n) is 3.68. The number of ether oxygens (including phenoxy) is 2. The Morgan fingerprint density at radius 3 is 2.48 bits per heavy atom. The number of hydrogen-bond acceptors (Lipinski definition) is 6. The Hall–Kier alpha value is -3.33. The van der Waals surface area contributed by atoms with Crippen LogP contribution in [-0.2, 0) is 11.3 Å². The van der Waals surface area contributed by atoms with Gasteiger partial charge in [-0.25, -0.2) is 4.79 Å². The lowest BCUT2D eigenvalue weighted by atomic mass is 10.1. The standard InChI is InChI=1S/C19H18N2O4/c1-12(22)15-6-4-13(10-20)9-17(15)21-11-14-5-7-18(24-2)16(8-14)19(23)25-3/h4-9,21H,11H2,1-3H3. The highest BCUT2D eigenvalue weighted by molar-refractivity contribution is 5.99. The third kappa shape index (κ3) is 4.15. The smallest absolute Gasteiger partial charge is 0.341 e. The van der Waals surface area contributed by atoms with Gasteiger partial charge in [0.1, 0.15) is 11.3 Å². The monoisotopic (exact) mass is 338 g/mol. The van der Waals surface area contributed by atoms with Crippen molar-refractivity contribution in [2.24, 2.45) is 0 Å². The fraction of sp³-hybridized carbons (Fsp3) is 0.211. The number of carbonyl (C=O) groups is 2. The van der Waals surface area contributed by atoms with Gasteiger partial charge in [0, 0.05) is 17.8 Å². The van der Waals surface area contributed by atoms with E-state index < -0.39 is 5.97 Å². The Kier molecular flexibility index (Phi) is 5.75. The van der Waals surface area contributed by atoms with Crippen molar-refractivity contribution in [2.75, 3.05) is 19.5 Å². The van der Waals surface area contributed by atoms with Gasteiger partial charge in [0.25, 0.3) is 0 Å². The van der Waals surface area contributed by atoms with Crippen LogP contribution in [-0.4, -0.2) is 26.0 Å². The van der Waals surface area contributed by atoms with Crippen LogP contribution in [0, 0.1) is 11.3 Å². The molecule has 2 rings (SSSR count). The van der Waals surface area contributed by atoms with Crippen LogP contribution in [0.15, 0.2) is 36.4 Å². The Morgan fingerprint density at radius 2 is 1.88 bits per heavy atom. The van der Waals surface area contributed by atoms with Crippen molar-refractivity contribution in [1.82, 2.24) is 0 Å². The minimum absolute atomic E-state index is 0.100. The van der Waals surface area contributed by atoms with Crippen LogP contribution in [0.2, 0.25) is 0 Å². The van der Waals surface area contributed by atoms with Crippen molar-refractivity contribution in [3.8, 4) is 11.8 Å². The first-order chi connectivity index (χ1) is 12.0. The molecule has 0 saturated carbocycles. The number of nitrogens with one attached hydrogen (secondary N) is 1.